The number of alkyl halides is 3. The predicted octanol–water partition coefficient (Wildman–Crippen LogP) is 3.13. The fraction of sp³-hybridized carbons (Fsp3) is 0.467. The van der Waals surface area contributed by atoms with Gasteiger partial charge in [-0.05, 0) is 25.0 Å². The first-order valence-electron chi connectivity index (χ1n) is 7.72. The van der Waals surface area contributed by atoms with Crippen molar-refractivity contribution in [3.63, 3.8) is 0 Å². The molecular weight excluding hydrogens is 339 g/mol. The van der Waals surface area contributed by atoms with Gasteiger partial charge in [0.1, 0.15) is 17.8 Å². The molecule has 0 spiro atoms. The second-order valence-electron chi connectivity index (χ2n) is 6.04. The van der Waals surface area contributed by atoms with Gasteiger partial charge in [0.05, 0.1) is 10.5 Å². The first kappa shape index (κ1) is 17.2. The Labute approximate surface area is 141 Å². The molecule has 0 N–H and O–H groups in total. The molecular formula is C15H16F3N5O2. The van der Waals surface area contributed by atoms with E-state index in [9.17, 15) is 23.3 Å². The van der Waals surface area contributed by atoms with Gasteiger partial charge in [-0.25, -0.2) is 0 Å². The molecule has 0 saturated carbocycles. The van der Waals surface area contributed by atoms with Gasteiger partial charge < -0.3 is 9.47 Å². The molecule has 0 bridgehead atoms. The minimum Gasteiger partial charge on any atom is -0.365 e. The maximum Gasteiger partial charge on any atom is 0.416 e. The van der Waals surface area contributed by atoms with Crippen LogP contribution in [-0.4, -0.2) is 32.8 Å². The van der Waals surface area contributed by atoms with Crippen molar-refractivity contribution in [1.29, 1.82) is 0 Å². The first-order valence-corrected chi connectivity index (χ1v) is 7.72. The molecule has 1 atom stereocenters. The van der Waals surface area contributed by atoms with Crippen LogP contribution in [-0.2, 0) is 13.2 Å². The van der Waals surface area contributed by atoms with Crippen molar-refractivity contribution in [2.24, 2.45) is 7.05 Å². The fourth-order valence-electron chi connectivity index (χ4n) is 3.18. The average Bonchev–Trinajstić information content (AvgIpc) is 2.99. The number of nitrogens with zero attached hydrogens (tertiary/aromatic N) is 5. The summed E-state index contributed by atoms with van der Waals surface area (Å²) < 4.78 is 40.3. The standard InChI is InChI=1S/C15H16F3N5O2/c1-21-9-19-20-14(21)10-3-2-6-22(8-10)12-5-4-11(15(16,17)18)7-13(12)23(24)25/h4-5,7,9-10H,2-3,6,8H2,1H3. The largest absolute Gasteiger partial charge is 0.416 e. The van der Waals surface area contributed by atoms with Crippen LogP contribution in [0.1, 0.15) is 30.1 Å². The van der Waals surface area contributed by atoms with Gasteiger partial charge in [-0.3, -0.25) is 10.1 Å². The number of aryl methyl sites for hydroxylation is 1. The number of hydrogen-bond donors (Lipinski definition) is 0. The molecule has 1 aromatic carbocycles. The second-order valence-corrected chi connectivity index (χ2v) is 6.04. The minimum atomic E-state index is -4.62. The SMILES string of the molecule is Cn1cnnc1C1CCCN(c2ccc(C(F)(F)F)cc2[N+](=O)[O-])C1. The van der Waals surface area contributed by atoms with E-state index in [1.165, 1.54) is 6.07 Å². The van der Waals surface area contributed by atoms with E-state index in [0.717, 1.165) is 24.7 Å². The van der Waals surface area contributed by atoms with Crippen molar-refractivity contribution in [2.45, 2.75) is 24.9 Å². The van der Waals surface area contributed by atoms with Crippen LogP contribution in [0.3, 0.4) is 0 Å². The van der Waals surface area contributed by atoms with E-state index in [0.29, 0.717) is 19.2 Å². The zero-order chi connectivity index (χ0) is 18.2. The molecule has 1 saturated heterocycles. The number of rotatable bonds is 3. The zero-order valence-electron chi connectivity index (χ0n) is 13.4. The molecule has 1 fully saturated rings. The van der Waals surface area contributed by atoms with E-state index >= 15 is 0 Å². The average molecular weight is 355 g/mol. The smallest absolute Gasteiger partial charge is 0.365 e. The summed E-state index contributed by atoms with van der Waals surface area (Å²) in [6.07, 6.45) is -1.44. The van der Waals surface area contributed by atoms with E-state index in [-0.39, 0.29) is 11.6 Å². The minimum absolute atomic E-state index is 0.0168. The second kappa shape index (κ2) is 6.34. The van der Waals surface area contributed by atoms with Crippen molar-refractivity contribution < 1.29 is 18.1 Å². The van der Waals surface area contributed by atoms with Gasteiger partial charge in [0.2, 0.25) is 0 Å². The summed E-state index contributed by atoms with van der Waals surface area (Å²) in [7, 11) is 1.81. The van der Waals surface area contributed by atoms with Crippen LogP contribution in [0.15, 0.2) is 24.5 Å². The number of halogens is 3. The van der Waals surface area contributed by atoms with Crippen molar-refractivity contribution in [2.75, 3.05) is 18.0 Å². The van der Waals surface area contributed by atoms with Crippen molar-refractivity contribution in [3.8, 4) is 0 Å². The van der Waals surface area contributed by atoms with Gasteiger partial charge in [-0.15, -0.1) is 10.2 Å². The molecule has 2 heterocycles. The molecule has 0 radical (unpaired) electrons. The van der Waals surface area contributed by atoms with Crippen LogP contribution >= 0.6 is 0 Å². The molecule has 1 aromatic heterocycles. The highest BCUT2D eigenvalue weighted by Gasteiger charge is 2.35. The van der Waals surface area contributed by atoms with Gasteiger partial charge in [0, 0.05) is 32.1 Å². The van der Waals surface area contributed by atoms with Crippen molar-refractivity contribution in [1.82, 2.24) is 14.8 Å². The van der Waals surface area contributed by atoms with Crippen LogP contribution < -0.4 is 4.90 Å². The summed E-state index contributed by atoms with van der Waals surface area (Å²) in [4.78, 5) is 12.3. The van der Waals surface area contributed by atoms with Gasteiger partial charge in [-0.1, -0.05) is 0 Å². The summed E-state index contributed by atoms with van der Waals surface area (Å²) in [6.45, 7) is 0.985. The number of hydrogen-bond acceptors (Lipinski definition) is 5. The Kier molecular flexibility index (Phi) is 4.36. The number of nitro benzene ring substituents is 1. The highest BCUT2D eigenvalue weighted by Crippen LogP contribution is 2.38. The van der Waals surface area contributed by atoms with E-state index in [4.69, 9.17) is 0 Å². The van der Waals surface area contributed by atoms with Crippen LogP contribution in [0.25, 0.3) is 0 Å². The Bertz CT molecular complexity index is 790. The first-order chi connectivity index (χ1) is 11.8. The number of nitro groups is 1. The molecule has 7 nitrogen and oxygen atoms in total. The van der Waals surface area contributed by atoms with Crippen LogP contribution in [0.2, 0.25) is 0 Å². The van der Waals surface area contributed by atoms with Crippen LogP contribution in [0, 0.1) is 10.1 Å². The molecule has 2 aromatic rings. The van der Waals surface area contributed by atoms with Crippen LogP contribution in [0.5, 0.6) is 0 Å². The summed E-state index contributed by atoms with van der Waals surface area (Å²) in [5.74, 6) is 0.780. The third-order valence-electron chi connectivity index (χ3n) is 4.37. The molecule has 134 valence electrons. The van der Waals surface area contributed by atoms with E-state index in [2.05, 4.69) is 10.2 Å². The lowest BCUT2D eigenvalue weighted by Crippen LogP contribution is -2.35. The van der Waals surface area contributed by atoms with Gasteiger partial charge >= 0.3 is 6.18 Å². The maximum atomic E-state index is 12.8. The molecule has 0 amide bonds. The third-order valence-corrected chi connectivity index (χ3v) is 4.37. The van der Waals surface area contributed by atoms with Crippen molar-refractivity contribution in [3.05, 3.63) is 46.0 Å². The molecule has 25 heavy (non-hydrogen) atoms. The normalized spacial score (nSPS) is 18.4. The molecule has 1 aliphatic rings. The molecule has 1 unspecified atom stereocenters. The lowest BCUT2D eigenvalue weighted by molar-refractivity contribution is -0.384. The zero-order valence-corrected chi connectivity index (χ0v) is 13.4. The van der Waals surface area contributed by atoms with Gasteiger partial charge in [0.15, 0.2) is 0 Å². The number of piperidine rings is 1. The Morgan fingerprint density at radius 2 is 2.12 bits per heavy atom. The third kappa shape index (κ3) is 3.42. The Hall–Kier alpha value is -2.65. The fourth-order valence-corrected chi connectivity index (χ4v) is 3.18. The highest BCUT2D eigenvalue weighted by atomic mass is 19.4. The van der Waals surface area contributed by atoms with E-state index in [1.54, 1.807) is 15.8 Å². The Morgan fingerprint density at radius 1 is 1.36 bits per heavy atom. The Balaban J connectivity index is 1.92. The Morgan fingerprint density at radius 3 is 2.72 bits per heavy atom. The molecule has 1 aliphatic heterocycles. The van der Waals surface area contributed by atoms with Crippen LogP contribution in [0.4, 0.5) is 24.5 Å². The predicted molar refractivity (Wildman–Crippen MR) is 83.3 cm³/mol. The monoisotopic (exact) mass is 355 g/mol. The molecule has 0 aliphatic carbocycles. The highest BCUT2D eigenvalue weighted by molar-refractivity contribution is 5.65. The summed E-state index contributed by atoms with van der Waals surface area (Å²) in [5.41, 5.74) is -1.36. The van der Waals surface area contributed by atoms with Crippen molar-refractivity contribution >= 4 is 11.4 Å². The number of anilines is 1. The van der Waals surface area contributed by atoms with Gasteiger partial charge in [0.25, 0.3) is 5.69 Å². The summed E-state index contributed by atoms with van der Waals surface area (Å²) in [5, 5.41) is 19.2. The number of benzene rings is 1. The lowest BCUT2D eigenvalue weighted by atomic mass is 9.96. The lowest BCUT2D eigenvalue weighted by Gasteiger charge is -2.33. The maximum absolute atomic E-state index is 12.8. The molecule has 10 heteroatoms. The summed E-state index contributed by atoms with van der Waals surface area (Å²) >= 11 is 0. The van der Waals surface area contributed by atoms with E-state index in [1.807, 2.05) is 7.05 Å². The number of aromatic nitrogens is 3. The van der Waals surface area contributed by atoms with Gasteiger partial charge in [-0.2, -0.15) is 13.2 Å². The molecule has 3 rings (SSSR count). The van der Waals surface area contributed by atoms with E-state index < -0.39 is 22.4 Å². The summed E-state index contributed by atoms with van der Waals surface area (Å²) in [6, 6.07) is 2.66. The quantitative estimate of drug-likeness (QED) is 0.624. The topological polar surface area (TPSA) is 77.1 Å².